The second kappa shape index (κ2) is 8.34. The summed E-state index contributed by atoms with van der Waals surface area (Å²) in [4.78, 5) is 0. The van der Waals surface area contributed by atoms with Crippen molar-refractivity contribution in [2.75, 3.05) is 0 Å². The molecule has 3 saturated carbocycles. The van der Waals surface area contributed by atoms with Gasteiger partial charge in [-0.05, 0) is 110 Å². The number of allylic oxidation sites excluding steroid dienone is 3. The van der Waals surface area contributed by atoms with Gasteiger partial charge >= 0.3 is 0 Å². The Kier molecular flexibility index (Phi) is 6.35. The van der Waals surface area contributed by atoms with E-state index in [1.165, 1.54) is 44.9 Å². The van der Waals surface area contributed by atoms with Gasteiger partial charge in [0.1, 0.15) is 0 Å². The minimum absolute atomic E-state index is 0.0896. The summed E-state index contributed by atoms with van der Waals surface area (Å²) in [6, 6.07) is 0. The molecule has 0 unspecified atom stereocenters. The molecule has 3 fully saturated rings. The Morgan fingerprint density at radius 2 is 1.81 bits per heavy atom. The standard InChI is InChI=1S/C30H50O/c1-8-21(28(3,4)5)10-9-20(2)25-13-14-26-24-12-11-22-19-23(31)15-17-29(22,6)27(24)16-18-30(25,26)7/h9-11,20-21,23-27,31H,8,12-19H2,1-7H3/b10-9+/t20-,21-,23+,24+,25-,26+,27+,29+,30-/m1/s1. The summed E-state index contributed by atoms with van der Waals surface area (Å²) in [5, 5.41) is 10.3. The van der Waals surface area contributed by atoms with E-state index in [2.05, 4.69) is 66.7 Å². The molecule has 4 rings (SSSR count). The van der Waals surface area contributed by atoms with Gasteiger partial charge in [0.15, 0.2) is 0 Å². The quantitative estimate of drug-likeness (QED) is 0.449. The van der Waals surface area contributed by atoms with Crippen LogP contribution in [0.15, 0.2) is 23.8 Å². The first-order valence-corrected chi connectivity index (χ1v) is 13.6. The van der Waals surface area contributed by atoms with Crippen LogP contribution in [0.4, 0.5) is 0 Å². The summed E-state index contributed by atoms with van der Waals surface area (Å²) < 4.78 is 0. The molecular weight excluding hydrogens is 376 g/mol. The third-order valence-corrected chi connectivity index (χ3v) is 11.0. The van der Waals surface area contributed by atoms with Crippen molar-refractivity contribution in [3.63, 3.8) is 0 Å². The molecule has 1 nitrogen and oxygen atoms in total. The molecule has 0 aromatic heterocycles. The van der Waals surface area contributed by atoms with Crippen molar-refractivity contribution in [1.82, 2.24) is 0 Å². The molecule has 0 radical (unpaired) electrons. The third-order valence-electron chi connectivity index (χ3n) is 11.0. The molecule has 0 aromatic carbocycles. The minimum atomic E-state index is -0.0896. The lowest BCUT2D eigenvalue weighted by molar-refractivity contribution is -0.0540. The van der Waals surface area contributed by atoms with E-state index in [0.717, 1.165) is 36.5 Å². The van der Waals surface area contributed by atoms with Crippen molar-refractivity contribution in [3.05, 3.63) is 23.8 Å². The Balaban J connectivity index is 1.52. The summed E-state index contributed by atoms with van der Waals surface area (Å²) in [6.07, 6.45) is 19.0. The predicted octanol–water partition coefficient (Wildman–Crippen LogP) is 8.19. The van der Waals surface area contributed by atoms with Gasteiger partial charge in [-0.25, -0.2) is 0 Å². The molecule has 1 N–H and O–H groups in total. The van der Waals surface area contributed by atoms with Crippen LogP contribution in [-0.4, -0.2) is 11.2 Å². The fraction of sp³-hybridized carbons (Fsp3) is 0.867. The number of fused-ring (bicyclic) bond motifs is 5. The zero-order valence-corrected chi connectivity index (χ0v) is 21.6. The molecule has 4 aliphatic rings. The fourth-order valence-electron chi connectivity index (χ4n) is 9.03. The average molecular weight is 427 g/mol. The maximum absolute atomic E-state index is 10.3. The molecule has 9 atom stereocenters. The molecule has 0 spiro atoms. The molecule has 31 heavy (non-hydrogen) atoms. The predicted molar refractivity (Wildman–Crippen MR) is 133 cm³/mol. The summed E-state index contributed by atoms with van der Waals surface area (Å²) in [5.41, 5.74) is 2.85. The van der Waals surface area contributed by atoms with Crippen LogP contribution in [0.2, 0.25) is 0 Å². The van der Waals surface area contributed by atoms with Crippen LogP contribution in [-0.2, 0) is 0 Å². The van der Waals surface area contributed by atoms with E-state index in [4.69, 9.17) is 0 Å². The first-order valence-electron chi connectivity index (χ1n) is 13.6. The van der Waals surface area contributed by atoms with Gasteiger partial charge in [0.2, 0.25) is 0 Å². The van der Waals surface area contributed by atoms with Gasteiger partial charge < -0.3 is 5.11 Å². The van der Waals surface area contributed by atoms with Crippen LogP contribution < -0.4 is 0 Å². The number of aliphatic hydroxyl groups excluding tert-OH is 1. The Labute approximate surface area is 193 Å². The fourth-order valence-corrected chi connectivity index (χ4v) is 9.03. The zero-order valence-electron chi connectivity index (χ0n) is 21.6. The van der Waals surface area contributed by atoms with Crippen LogP contribution in [0.1, 0.15) is 106 Å². The maximum atomic E-state index is 10.3. The van der Waals surface area contributed by atoms with Gasteiger partial charge in [-0.3, -0.25) is 0 Å². The molecule has 4 aliphatic carbocycles. The van der Waals surface area contributed by atoms with Crippen LogP contribution in [0.5, 0.6) is 0 Å². The van der Waals surface area contributed by atoms with Gasteiger partial charge in [0.05, 0.1) is 6.10 Å². The summed E-state index contributed by atoms with van der Waals surface area (Å²) in [6.45, 7) is 17.2. The molecule has 0 aliphatic heterocycles. The highest BCUT2D eigenvalue weighted by atomic mass is 16.3. The summed E-state index contributed by atoms with van der Waals surface area (Å²) in [7, 11) is 0. The molecule has 1 heteroatoms. The van der Waals surface area contributed by atoms with Gasteiger partial charge in [-0.2, -0.15) is 0 Å². The van der Waals surface area contributed by atoms with E-state index in [1.807, 2.05) is 0 Å². The third kappa shape index (κ3) is 4.00. The van der Waals surface area contributed by atoms with Crippen LogP contribution in [0.3, 0.4) is 0 Å². The molecule has 0 heterocycles. The van der Waals surface area contributed by atoms with E-state index in [1.54, 1.807) is 5.57 Å². The maximum Gasteiger partial charge on any atom is 0.0577 e. The van der Waals surface area contributed by atoms with Crippen molar-refractivity contribution in [2.24, 2.45) is 51.8 Å². The molecule has 0 amide bonds. The molecule has 176 valence electrons. The monoisotopic (exact) mass is 426 g/mol. The van der Waals surface area contributed by atoms with Crippen LogP contribution >= 0.6 is 0 Å². The second-order valence-electron chi connectivity index (χ2n) is 13.5. The van der Waals surface area contributed by atoms with E-state index < -0.39 is 0 Å². The molecule has 0 bridgehead atoms. The first-order chi connectivity index (χ1) is 14.5. The highest BCUT2D eigenvalue weighted by molar-refractivity contribution is 5.25. The lowest BCUT2D eigenvalue weighted by Gasteiger charge is -2.58. The summed E-state index contributed by atoms with van der Waals surface area (Å²) in [5.74, 6) is 4.85. The Morgan fingerprint density at radius 3 is 2.48 bits per heavy atom. The van der Waals surface area contributed by atoms with Crippen molar-refractivity contribution in [1.29, 1.82) is 0 Å². The normalized spacial score (nSPS) is 44.9. The smallest absolute Gasteiger partial charge is 0.0577 e. The van der Waals surface area contributed by atoms with E-state index in [-0.39, 0.29) is 6.10 Å². The van der Waals surface area contributed by atoms with Gasteiger partial charge in [-0.15, -0.1) is 0 Å². The number of aliphatic hydroxyl groups is 1. The highest BCUT2D eigenvalue weighted by Gasteiger charge is 2.58. The summed E-state index contributed by atoms with van der Waals surface area (Å²) >= 11 is 0. The van der Waals surface area contributed by atoms with Crippen LogP contribution in [0, 0.1) is 51.8 Å². The van der Waals surface area contributed by atoms with Crippen molar-refractivity contribution >= 4 is 0 Å². The molecular formula is C30H50O. The zero-order chi connectivity index (χ0) is 22.6. The van der Waals surface area contributed by atoms with E-state index in [0.29, 0.717) is 28.1 Å². The number of hydrogen-bond donors (Lipinski definition) is 1. The minimum Gasteiger partial charge on any atom is -0.393 e. The lowest BCUT2D eigenvalue weighted by Crippen LogP contribution is -2.50. The molecule has 0 saturated heterocycles. The SMILES string of the molecule is CC[C@H](/C=C/[C@@H](C)[C@H]1CC[C@H]2[C@@H]3CC=C4C[C@@H](O)CC[C@]4(C)[C@H]3CC[C@]12C)C(C)(C)C. The van der Waals surface area contributed by atoms with Crippen molar-refractivity contribution < 1.29 is 5.11 Å². The first kappa shape index (κ1) is 23.6. The van der Waals surface area contributed by atoms with E-state index in [9.17, 15) is 5.11 Å². The van der Waals surface area contributed by atoms with Gasteiger partial charge in [-0.1, -0.05) is 72.3 Å². The van der Waals surface area contributed by atoms with E-state index >= 15 is 0 Å². The van der Waals surface area contributed by atoms with Crippen LogP contribution in [0.25, 0.3) is 0 Å². The van der Waals surface area contributed by atoms with Crippen molar-refractivity contribution in [2.45, 2.75) is 112 Å². The Bertz CT molecular complexity index is 710. The average Bonchev–Trinajstić information content (AvgIpc) is 3.05. The molecule has 0 aromatic rings. The Hall–Kier alpha value is -0.560. The number of rotatable bonds is 4. The van der Waals surface area contributed by atoms with Gasteiger partial charge in [0.25, 0.3) is 0 Å². The lowest BCUT2D eigenvalue weighted by atomic mass is 9.47. The number of hydrogen-bond acceptors (Lipinski definition) is 1. The Morgan fingerprint density at radius 1 is 1.06 bits per heavy atom. The highest BCUT2D eigenvalue weighted by Crippen LogP contribution is 2.67. The topological polar surface area (TPSA) is 20.2 Å². The second-order valence-corrected chi connectivity index (χ2v) is 13.5. The van der Waals surface area contributed by atoms with Gasteiger partial charge in [0, 0.05) is 0 Å². The largest absolute Gasteiger partial charge is 0.393 e. The van der Waals surface area contributed by atoms with Crippen molar-refractivity contribution in [3.8, 4) is 0 Å².